The molecule has 0 saturated carbocycles. The predicted molar refractivity (Wildman–Crippen MR) is 80.0 cm³/mol. The Kier molecular flexibility index (Phi) is 4.28. The average Bonchev–Trinajstić information content (AvgIpc) is 3.01. The molecule has 1 aliphatic heterocycles. The van der Waals surface area contributed by atoms with Crippen LogP contribution in [0.15, 0.2) is 6.33 Å². The quantitative estimate of drug-likeness (QED) is 0.353. The molecule has 4 atom stereocenters. The van der Waals surface area contributed by atoms with E-state index in [0.717, 1.165) is 0 Å². The Morgan fingerprint density at radius 3 is 2.77 bits per heavy atom. The molecule has 118 valence electrons. The number of aliphatic hydroxyl groups is 2. The van der Waals surface area contributed by atoms with E-state index in [9.17, 15) is 15.0 Å². The van der Waals surface area contributed by atoms with Crippen LogP contribution in [0.25, 0.3) is 11.2 Å². The second kappa shape index (κ2) is 5.92. The normalized spacial score (nSPS) is 28.2. The van der Waals surface area contributed by atoms with Gasteiger partial charge in [-0.05, 0) is 0 Å². The molecule has 3 N–H and O–H groups in total. The first kappa shape index (κ1) is 15.9. The third-order valence-electron chi connectivity index (χ3n) is 3.37. The van der Waals surface area contributed by atoms with Gasteiger partial charge < -0.3 is 0 Å². The minimum absolute atomic E-state index is 0.0392. The molecule has 8 nitrogen and oxygen atoms in total. The summed E-state index contributed by atoms with van der Waals surface area (Å²) < 4.78 is 1.59. The predicted octanol–water partition coefficient (Wildman–Crippen LogP) is -0.394. The van der Waals surface area contributed by atoms with Crippen LogP contribution in [0.4, 0.5) is 0 Å². The summed E-state index contributed by atoms with van der Waals surface area (Å²) in [5.41, 5.74) is 0.715. The second-order valence-electron chi connectivity index (χ2n) is 4.65. The van der Waals surface area contributed by atoms with Gasteiger partial charge in [0.1, 0.15) is 0 Å². The topological polar surface area (TPSA) is 113 Å². The van der Waals surface area contributed by atoms with Crippen LogP contribution in [0.5, 0.6) is 0 Å². The van der Waals surface area contributed by atoms with E-state index in [1.165, 1.54) is 13.4 Å². The molecule has 0 spiro atoms. The van der Waals surface area contributed by atoms with Crippen LogP contribution in [-0.4, -0.2) is 69.9 Å². The average molecular weight is 411 g/mol. The molecule has 2 aromatic heterocycles. The summed E-state index contributed by atoms with van der Waals surface area (Å²) in [6.07, 6.45) is -0.793. The first-order valence-electron chi connectivity index (χ1n) is 6.22. The van der Waals surface area contributed by atoms with E-state index in [2.05, 4.69) is 20.3 Å². The van der Waals surface area contributed by atoms with Gasteiger partial charge in [-0.2, -0.15) is 0 Å². The van der Waals surface area contributed by atoms with Gasteiger partial charge >= 0.3 is 141 Å². The van der Waals surface area contributed by atoms with Crippen LogP contribution in [0, 0.1) is 0 Å². The van der Waals surface area contributed by atoms with Crippen LogP contribution in [-0.2, 0) is 4.79 Å². The van der Waals surface area contributed by atoms with E-state index < -0.39 is 36.9 Å². The van der Waals surface area contributed by atoms with E-state index >= 15 is 0 Å². The fourth-order valence-electron chi connectivity index (χ4n) is 2.29. The summed E-state index contributed by atoms with van der Waals surface area (Å²) in [4.78, 5) is 22.6. The van der Waals surface area contributed by atoms with Gasteiger partial charge in [0.15, 0.2) is 0 Å². The zero-order chi connectivity index (χ0) is 16.0. The molecule has 0 bridgehead atoms. The molecule has 0 radical (unpaired) electrons. The second-order valence-corrected chi connectivity index (χ2v) is 8.00. The minimum atomic E-state index is -1.14. The van der Waals surface area contributed by atoms with Crippen molar-refractivity contribution in [3.63, 3.8) is 0 Å². The Morgan fingerprint density at radius 2 is 2.09 bits per heavy atom. The number of hydrogen-bond donors (Lipinski definition) is 3. The van der Waals surface area contributed by atoms with Gasteiger partial charge in [0.05, 0.1) is 0 Å². The summed E-state index contributed by atoms with van der Waals surface area (Å²) >= 11 is 11.4. The molecule has 3 heterocycles. The zero-order valence-corrected chi connectivity index (χ0v) is 14.4. The molecular formula is C11H11Cl2N5O3Se. The van der Waals surface area contributed by atoms with Crippen LogP contribution >= 0.6 is 23.2 Å². The Hall–Kier alpha value is -0.961. The van der Waals surface area contributed by atoms with E-state index in [1.807, 2.05) is 0 Å². The molecule has 0 aromatic carbocycles. The summed E-state index contributed by atoms with van der Waals surface area (Å²) in [5, 5.41) is 22.9. The molecule has 1 fully saturated rings. The van der Waals surface area contributed by atoms with Gasteiger partial charge in [-0.1, -0.05) is 0 Å². The van der Waals surface area contributed by atoms with Gasteiger partial charge in [-0.3, -0.25) is 0 Å². The van der Waals surface area contributed by atoms with Crippen molar-refractivity contribution >= 4 is 55.2 Å². The molecule has 1 aliphatic rings. The van der Waals surface area contributed by atoms with Crippen molar-refractivity contribution in [2.24, 2.45) is 0 Å². The number of carbonyl (C=O) groups is 1. The number of fused-ring (bicyclic) bond motifs is 1. The van der Waals surface area contributed by atoms with Gasteiger partial charge in [0.25, 0.3) is 0 Å². The van der Waals surface area contributed by atoms with Gasteiger partial charge in [0, 0.05) is 0 Å². The zero-order valence-electron chi connectivity index (χ0n) is 11.1. The van der Waals surface area contributed by atoms with Crippen molar-refractivity contribution in [1.82, 2.24) is 24.8 Å². The monoisotopic (exact) mass is 411 g/mol. The van der Waals surface area contributed by atoms with E-state index in [0.29, 0.717) is 11.2 Å². The SMILES string of the molecule is CNC(=O)[C@@H]1[Se][C@@H](n2cnc3c(Cl)nc(Cl)nc32)[C@H](O)[C@@H]1O. The van der Waals surface area contributed by atoms with Crippen LogP contribution in [0.1, 0.15) is 4.94 Å². The summed E-state index contributed by atoms with van der Waals surface area (Å²) in [6, 6.07) is 0. The van der Waals surface area contributed by atoms with Crippen molar-refractivity contribution in [3.05, 3.63) is 16.8 Å². The van der Waals surface area contributed by atoms with E-state index in [4.69, 9.17) is 23.2 Å². The van der Waals surface area contributed by atoms with E-state index in [-0.39, 0.29) is 16.3 Å². The molecule has 1 amide bonds. The first-order valence-corrected chi connectivity index (χ1v) is 8.96. The number of nitrogens with one attached hydrogen (secondary N) is 1. The fourth-order valence-corrected chi connectivity index (χ4v) is 5.80. The Bertz CT molecular complexity index is 742. The van der Waals surface area contributed by atoms with Crippen LogP contribution in [0.3, 0.4) is 0 Å². The number of carbonyl (C=O) groups excluding carboxylic acids is 1. The number of rotatable bonds is 2. The summed E-state index contributed by atoms with van der Waals surface area (Å²) in [5.74, 6) is -0.302. The molecule has 3 rings (SSSR count). The van der Waals surface area contributed by atoms with Crippen molar-refractivity contribution < 1.29 is 15.0 Å². The molecular weight excluding hydrogens is 400 g/mol. The number of aromatic nitrogens is 4. The maximum absolute atomic E-state index is 11.8. The molecule has 11 heteroatoms. The van der Waals surface area contributed by atoms with Gasteiger partial charge in [0.2, 0.25) is 0 Å². The number of hydrogen-bond acceptors (Lipinski definition) is 6. The first-order chi connectivity index (χ1) is 10.4. The molecule has 2 aromatic rings. The fraction of sp³-hybridized carbons (Fsp3) is 0.455. The number of halogens is 2. The summed E-state index contributed by atoms with van der Waals surface area (Å²) in [7, 11) is 1.49. The standard InChI is InChI=1S/C11H11Cl2N5O3Se/c1-14-9(21)6-4(19)5(20)10(22-6)18-2-15-3-7(12)16-11(13)17-8(3)18/h2,4-6,10,19-20H,1H3,(H,14,21)/t4-,5+,6+,10+/m0/s1. The molecule has 0 aliphatic carbocycles. The van der Waals surface area contributed by atoms with Crippen molar-refractivity contribution in [2.45, 2.75) is 22.0 Å². The Balaban J connectivity index is 2.03. The Labute approximate surface area is 141 Å². The maximum atomic E-state index is 11.8. The number of amides is 1. The van der Waals surface area contributed by atoms with Crippen molar-refractivity contribution in [2.75, 3.05) is 7.05 Å². The van der Waals surface area contributed by atoms with Gasteiger partial charge in [-0.15, -0.1) is 0 Å². The number of nitrogens with zero attached hydrogens (tertiary/aromatic N) is 4. The summed E-state index contributed by atoms with van der Waals surface area (Å²) in [6.45, 7) is 0. The molecule has 1 saturated heterocycles. The van der Waals surface area contributed by atoms with Crippen LogP contribution in [0.2, 0.25) is 15.3 Å². The van der Waals surface area contributed by atoms with E-state index in [1.54, 1.807) is 4.57 Å². The molecule has 22 heavy (non-hydrogen) atoms. The molecule has 0 unspecified atom stereocenters. The third kappa shape index (κ3) is 2.47. The van der Waals surface area contributed by atoms with Crippen molar-refractivity contribution in [3.8, 4) is 0 Å². The number of aliphatic hydroxyl groups excluding tert-OH is 2. The Morgan fingerprint density at radius 1 is 1.36 bits per heavy atom. The van der Waals surface area contributed by atoms with Gasteiger partial charge in [-0.25, -0.2) is 0 Å². The number of imidazole rings is 1. The third-order valence-corrected chi connectivity index (χ3v) is 7.10. The van der Waals surface area contributed by atoms with Crippen molar-refractivity contribution in [1.29, 1.82) is 0 Å². The van der Waals surface area contributed by atoms with Crippen LogP contribution < -0.4 is 5.32 Å².